The Kier molecular flexibility index (Phi) is 2.90. The summed E-state index contributed by atoms with van der Waals surface area (Å²) in [5.74, 6) is 0. The van der Waals surface area contributed by atoms with E-state index in [0.29, 0.717) is 0 Å². The van der Waals surface area contributed by atoms with Gasteiger partial charge in [-0.3, -0.25) is 0 Å². The van der Waals surface area contributed by atoms with Crippen LogP contribution in [-0.4, -0.2) is 21.1 Å². The van der Waals surface area contributed by atoms with Crippen LogP contribution in [0.4, 0.5) is 0 Å². The van der Waals surface area contributed by atoms with Crippen LogP contribution < -0.4 is 0 Å². The molecule has 0 spiro atoms. The van der Waals surface area contributed by atoms with Gasteiger partial charge in [0.05, 0.1) is 0 Å². The van der Waals surface area contributed by atoms with Gasteiger partial charge in [0, 0.05) is 0 Å². The van der Waals surface area contributed by atoms with Gasteiger partial charge in [-0.15, -0.1) is 0 Å². The molecular formula is C7H8OSn. The van der Waals surface area contributed by atoms with Crippen LogP contribution in [0.1, 0.15) is 5.56 Å². The van der Waals surface area contributed by atoms with E-state index in [-0.39, 0.29) is 0 Å². The predicted molar refractivity (Wildman–Crippen MR) is 38.0 cm³/mol. The molecule has 0 aliphatic heterocycles. The monoisotopic (exact) mass is 228 g/mol. The van der Waals surface area contributed by atoms with Crippen LogP contribution in [0.2, 0.25) is 0 Å². The molecule has 1 aromatic carbocycles. The summed E-state index contributed by atoms with van der Waals surface area (Å²) in [6.07, 6.45) is 0. The molecule has 0 saturated heterocycles. The van der Waals surface area contributed by atoms with Crippen molar-refractivity contribution in [1.82, 2.24) is 0 Å². The standard InChI is InChI=1S/C7H7.O.Sn.H/c1-7-5-3-2-4-6-7;;;/h2-6H,1H2;;;. The Bertz CT molecular complexity index is 183. The van der Waals surface area contributed by atoms with Crippen molar-refractivity contribution in [3.8, 4) is 0 Å². The van der Waals surface area contributed by atoms with Crippen LogP contribution in [0.5, 0.6) is 0 Å². The number of benzene rings is 1. The molecule has 1 aromatic rings. The van der Waals surface area contributed by atoms with E-state index >= 15 is 0 Å². The summed E-state index contributed by atoms with van der Waals surface area (Å²) in [7, 11) is 0. The Hall–Kier alpha value is -0.181. The molecule has 0 aliphatic carbocycles. The Morgan fingerprint density at radius 2 is 1.89 bits per heavy atom. The second-order valence-electron chi connectivity index (χ2n) is 1.86. The number of hydrogen-bond donors (Lipinski definition) is 0. The molecule has 0 bridgehead atoms. The first-order valence-corrected chi connectivity index (χ1v) is 6.58. The van der Waals surface area contributed by atoms with Gasteiger partial charge in [0.1, 0.15) is 0 Å². The van der Waals surface area contributed by atoms with E-state index in [1.165, 1.54) is 5.56 Å². The molecule has 0 unspecified atom stereocenters. The Labute approximate surface area is 64.7 Å². The second-order valence-corrected chi connectivity index (χ2v) is 3.97. The van der Waals surface area contributed by atoms with Gasteiger partial charge in [0.2, 0.25) is 0 Å². The van der Waals surface area contributed by atoms with Crippen molar-refractivity contribution in [3.63, 3.8) is 0 Å². The molecule has 46 valence electrons. The fraction of sp³-hybridized carbons (Fsp3) is 0.143. The first-order valence-electron chi connectivity index (χ1n) is 2.91. The Balaban J connectivity index is 2.72. The number of rotatable bonds is 2. The minimum atomic E-state index is -1.41. The summed E-state index contributed by atoms with van der Waals surface area (Å²) >= 11 is -1.41. The van der Waals surface area contributed by atoms with Gasteiger partial charge in [-0.05, 0) is 0 Å². The average molecular weight is 227 g/mol. The Morgan fingerprint density at radius 1 is 1.22 bits per heavy atom. The molecule has 0 heterocycles. The van der Waals surface area contributed by atoms with Crippen LogP contribution in [0, 0.1) is 0 Å². The zero-order valence-corrected chi connectivity index (χ0v) is 8.38. The minimum absolute atomic E-state index is 0.844. The zero-order valence-electron chi connectivity index (χ0n) is 5.08. The van der Waals surface area contributed by atoms with Crippen LogP contribution in [0.25, 0.3) is 0 Å². The van der Waals surface area contributed by atoms with Gasteiger partial charge < -0.3 is 0 Å². The SMILES string of the molecule is [O]=[SnH][CH2]c1ccccc1. The van der Waals surface area contributed by atoms with Crippen molar-refractivity contribution in [2.75, 3.05) is 0 Å². The molecule has 9 heavy (non-hydrogen) atoms. The van der Waals surface area contributed by atoms with Crippen molar-refractivity contribution in [2.24, 2.45) is 0 Å². The molecule has 1 nitrogen and oxygen atoms in total. The molecule has 2 heteroatoms. The van der Waals surface area contributed by atoms with Gasteiger partial charge in [0.15, 0.2) is 0 Å². The van der Waals surface area contributed by atoms with E-state index in [4.69, 9.17) is 0 Å². The van der Waals surface area contributed by atoms with Crippen molar-refractivity contribution < 1.29 is 3.08 Å². The third kappa shape index (κ3) is 2.26. The Morgan fingerprint density at radius 3 is 2.44 bits per heavy atom. The molecule has 0 N–H and O–H groups in total. The maximum absolute atomic E-state index is 10.3. The third-order valence-corrected chi connectivity index (χ3v) is 2.98. The van der Waals surface area contributed by atoms with Crippen molar-refractivity contribution in [1.29, 1.82) is 0 Å². The van der Waals surface area contributed by atoms with Crippen LogP contribution in [-0.2, 0) is 7.51 Å². The van der Waals surface area contributed by atoms with Crippen LogP contribution in [0.3, 0.4) is 0 Å². The van der Waals surface area contributed by atoms with Gasteiger partial charge in [0.25, 0.3) is 0 Å². The number of hydrogen-bond acceptors (Lipinski definition) is 1. The maximum atomic E-state index is 10.3. The summed E-state index contributed by atoms with van der Waals surface area (Å²) in [4.78, 5) is 0. The predicted octanol–water partition coefficient (Wildman–Crippen LogP) is 0.969. The van der Waals surface area contributed by atoms with Crippen molar-refractivity contribution in [3.05, 3.63) is 35.9 Å². The van der Waals surface area contributed by atoms with E-state index in [2.05, 4.69) is 0 Å². The van der Waals surface area contributed by atoms with E-state index in [9.17, 15) is 3.08 Å². The average Bonchev–Trinajstić information content (AvgIpc) is 1.91. The van der Waals surface area contributed by atoms with Gasteiger partial charge in [-0.1, -0.05) is 0 Å². The summed E-state index contributed by atoms with van der Waals surface area (Å²) in [6, 6.07) is 9.97. The molecule has 1 rings (SSSR count). The fourth-order valence-corrected chi connectivity index (χ4v) is 2.04. The van der Waals surface area contributed by atoms with E-state index in [1.54, 1.807) is 0 Å². The first-order chi connectivity index (χ1) is 4.43. The topological polar surface area (TPSA) is 17.1 Å². The summed E-state index contributed by atoms with van der Waals surface area (Å²) < 4.78 is 11.1. The second kappa shape index (κ2) is 3.77. The van der Waals surface area contributed by atoms with E-state index in [0.717, 1.165) is 4.44 Å². The van der Waals surface area contributed by atoms with E-state index < -0.39 is 21.1 Å². The fourth-order valence-electron chi connectivity index (χ4n) is 0.710. The quantitative estimate of drug-likeness (QED) is 0.687. The third-order valence-electron chi connectivity index (χ3n) is 1.16. The van der Waals surface area contributed by atoms with Crippen molar-refractivity contribution in [2.45, 2.75) is 4.44 Å². The van der Waals surface area contributed by atoms with Gasteiger partial charge in [-0.2, -0.15) is 0 Å². The summed E-state index contributed by atoms with van der Waals surface area (Å²) in [6.45, 7) is 0. The van der Waals surface area contributed by atoms with Crippen molar-refractivity contribution >= 4 is 21.1 Å². The van der Waals surface area contributed by atoms with E-state index in [1.807, 2.05) is 30.3 Å². The zero-order chi connectivity index (χ0) is 6.53. The molecule has 0 atom stereocenters. The first kappa shape index (κ1) is 6.93. The van der Waals surface area contributed by atoms with Gasteiger partial charge >= 0.3 is 64.5 Å². The molecular weight excluding hydrogens is 219 g/mol. The van der Waals surface area contributed by atoms with Crippen LogP contribution >= 0.6 is 0 Å². The summed E-state index contributed by atoms with van der Waals surface area (Å²) in [5.41, 5.74) is 1.22. The molecule has 0 amide bonds. The summed E-state index contributed by atoms with van der Waals surface area (Å²) in [5, 5.41) is 0. The van der Waals surface area contributed by atoms with Gasteiger partial charge in [-0.25, -0.2) is 0 Å². The molecule has 0 aliphatic rings. The molecule has 0 aromatic heterocycles. The van der Waals surface area contributed by atoms with Crippen LogP contribution in [0.15, 0.2) is 30.3 Å². The molecule has 0 saturated carbocycles. The normalized spacial score (nSPS) is 8.89. The molecule has 0 radical (unpaired) electrons. The molecule has 0 fully saturated rings.